The van der Waals surface area contributed by atoms with Crippen LogP contribution in [0.1, 0.15) is 185 Å². The summed E-state index contributed by atoms with van der Waals surface area (Å²) in [6, 6.07) is 45.8. The zero-order valence-corrected chi connectivity index (χ0v) is 40.2. The van der Waals surface area contributed by atoms with E-state index in [1.54, 1.807) is 0 Å². The lowest BCUT2D eigenvalue weighted by Crippen LogP contribution is -2.38. The minimum atomic E-state index is -2.33. The lowest BCUT2D eigenvalue weighted by Gasteiger charge is -2.34. The molecule has 0 unspecified atom stereocenters. The zero-order valence-electron chi connectivity index (χ0n) is 38.3. The fourth-order valence-corrected chi connectivity index (χ4v) is 13.4. The summed E-state index contributed by atoms with van der Waals surface area (Å²) in [5.74, 6) is 2.41. The second-order valence-electron chi connectivity index (χ2n) is 19.0. The summed E-state index contributed by atoms with van der Waals surface area (Å²) in [5.41, 5.74) is 21.3. The van der Waals surface area contributed by atoms with Crippen molar-refractivity contribution in [2.45, 2.75) is 137 Å². The van der Waals surface area contributed by atoms with Crippen LogP contribution in [0, 0.1) is 6.92 Å². The van der Waals surface area contributed by atoms with E-state index in [1.165, 1.54) is 88.6 Å². The summed E-state index contributed by atoms with van der Waals surface area (Å²) < 4.78 is 0. The van der Waals surface area contributed by atoms with Gasteiger partial charge in [-0.15, -0.1) is 0 Å². The Morgan fingerprint density at radius 2 is 0.797 bits per heavy atom. The van der Waals surface area contributed by atoms with Crippen LogP contribution in [-0.4, -0.2) is 8.11 Å². The van der Waals surface area contributed by atoms with Crippen LogP contribution in [-0.2, 0) is 6.42 Å². The molecule has 0 fully saturated rings. The first kappa shape index (κ1) is 44.4. The third-order valence-corrected chi connectivity index (χ3v) is 16.5. The summed E-state index contributed by atoms with van der Waals surface area (Å²) in [6.07, 6.45) is 0.965. The van der Waals surface area contributed by atoms with Gasteiger partial charge in [0.15, 0.2) is 8.11 Å². The topological polar surface area (TPSA) is 0 Å². The van der Waals surface area contributed by atoms with E-state index in [0.29, 0.717) is 35.5 Å². The van der Waals surface area contributed by atoms with Crippen molar-refractivity contribution < 1.29 is 0 Å². The minimum Gasteiger partial charge on any atom is -0.164 e. The van der Waals surface area contributed by atoms with Crippen LogP contribution in [0.15, 0.2) is 121 Å². The quantitative estimate of drug-likeness (QED) is 0.0954. The number of benzene rings is 6. The van der Waals surface area contributed by atoms with E-state index in [4.69, 9.17) is 11.1 Å². The highest BCUT2D eigenvalue weighted by Crippen LogP contribution is 2.46. The maximum absolute atomic E-state index is 8.48. The molecular formula is C57H69ClSi. The molecule has 0 aliphatic heterocycles. The molecule has 6 aromatic rings. The van der Waals surface area contributed by atoms with Crippen molar-refractivity contribution in [3.63, 3.8) is 0 Å². The predicted molar refractivity (Wildman–Crippen MR) is 263 cm³/mol. The fourth-order valence-electron chi connectivity index (χ4n) is 9.22. The number of rotatable bonds is 10. The van der Waals surface area contributed by atoms with Crippen LogP contribution >= 0.6 is 11.1 Å². The maximum atomic E-state index is 8.48. The van der Waals surface area contributed by atoms with Crippen molar-refractivity contribution >= 4 is 24.4 Å². The standard InChI is InChI=1S/C50H61ClSi.C7H8/c1-29(2)37-25-43(31(5)6)47(44(26-37)32(7)8)41-22-17-23-42(48-45(33(9)10)27-38(30(3)4)28-46(48)34(11)12)50(41)52(51)49-39-20-15-13-18-35(39)24-36-19-14-16-21-40(36)49;1-7-5-3-2-4-6-7/h13-23,25-34,49,52H,24H2,1-12H3;2-6H,1H3/t52-;/m1./s1. The van der Waals surface area contributed by atoms with Gasteiger partial charge in [0.1, 0.15) is 0 Å². The van der Waals surface area contributed by atoms with Gasteiger partial charge in [0.2, 0.25) is 0 Å². The van der Waals surface area contributed by atoms with Crippen LogP contribution in [0.3, 0.4) is 0 Å². The van der Waals surface area contributed by atoms with Gasteiger partial charge in [0.05, 0.1) is 0 Å². The lowest BCUT2D eigenvalue weighted by molar-refractivity contribution is 0.807. The molecule has 308 valence electrons. The van der Waals surface area contributed by atoms with E-state index < -0.39 is 8.11 Å². The number of hydrogen-bond donors (Lipinski definition) is 0. The van der Waals surface area contributed by atoms with E-state index >= 15 is 0 Å². The first-order valence-corrected chi connectivity index (χ1v) is 25.4. The highest BCUT2D eigenvalue weighted by molar-refractivity contribution is 7.16. The summed E-state index contributed by atoms with van der Waals surface area (Å²) in [7, 11) is -2.33. The molecule has 0 aromatic heterocycles. The van der Waals surface area contributed by atoms with Crippen LogP contribution in [0.2, 0.25) is 0 Å². The van der Waals surface area contributed by atoms with Gasteiger partial charge in [-0.1, -0.05) is 210 Å². The van der Waals surface area contributed by atoms with Gasteiger partial charge in [-0.3, -0.25) is 0 Å². The van der Waals surface area contributed by atoms with E-state index in [0.717, 1.165) is 6.42 Å². The van der Waals surface area contributed by atoms with Gasteiger partial charge >= 0.3 is 0 Å². The first-order valence-electron chi connectivity index (χ1n) is 22.4. The van der Waals surface area contributed by atoms with Crippen molar-refractivity contribution in [2.24, 2.45) is 0 Å². The Labute approximate surface area is 364 Å². The summed E-state index contributed by atoms with van der Waals surface area (Å²) in [4.78, 5) is 0. The number of hydrogen-bond acceptors (Lipinski definition) is 0. The average Bonchev–Trinajstić information content (AvgIpc) is 3.21. The Bertz CT molecular complexity index is 2160. The SMILES string of the molecule is CC(C)c1cc(C(C)C)c(-c2cccc(-c3c(C(C)C)cc(C(C)C)cc3C(C)C)c2[Si@H](Cl)C2c3ccccc3Cc3ccccc32)c(C(C)C)c1.Cc1ccccc1. The maximum Gasteiger partial charge on any atom is 0.184 e. The summed E-state index contributed by atoms with van der Waals surface area (Å²) in [6.45, 7) is 30.4. The van der Waals surface area contributed by atoms with Gasteiger partial charge < -0.3 is 0 Å². The molecule has 0 radical (unpaired) electrons. The molecule has 0 bridgehead atoms. The molecule has 1 atom stereocenters. The van der Waals surface area contributed by atoms with Crippen LogP contribution in [0.25, 0.3) is 22.3 Å². The highest BCUT2D eigenvalue weighted by atomic mass is 35.6. The monoisotopic (exact) mass is 816 g/mol. The molecule has 0 heterocycles. The third kappa shape index (κ3) is 9.43. The lowest BCUT2D eigenvalue weighted by atomic mass is 9.79. The Morgan fingerprint density at radius 3 is 1.12 bits per heavy atom. The normalized spacial score (nSPS) is 13.3. The summed E-state index contributed by atoms with van der Waals surface area (Å²) >= 11 is 8.48. The first-order chi connectivity index (χ1) is 28.1. The second kappa shape index (κ2) is 19.0. The molecular weight excluding hydrogens is 748 g/mol. The Balaban J connectivity index is 0.000000757. The van der Waals surface area contributed by atoms with Gasteiger partial charge in [-0.25, -0.2) is 0 Å². The van der Waals surface area contributed by atoms with Gasteiger partial charge in [0, 0.05) is 5.54 Å². The van der Waals surface area contributed by atoms with E-state index in [-0.39, 0.29) is 5.54 Å². The van der Waals surface area contributed by atoms with Crippen molar-refractivity contribution in [3.05, 3.63) is 183 Å². The molecule has 0 amide bonds. The largest absolute Gasteiger partial charge is 0.184 e. The Morgan fingerprint density at radius 1 is 0.441 bits per heavy atom. The molecule has 0 saturated heterocycles. The van der Waals surface area contributed by atoms with Crippen molar-refractivity contribution in [1.29, 1.82) is 0 Å². The zero-order chi connectivity index (χ0) is 42.7. The van der Waals surface area contributed by atoms with Crippen molar-refractivity contribution in [3.8, 4) is 22.3 Å². The number of halogens is 1. The molecule has 7 rings (SSSR count). The molecule has 0 N–H and O–H groups in total. The minimum absolute atomic E-state index is 0.155. The molecule has 1 aliphatic rings. The molecule has 0 spiro atoms. The second-order valence-corrected chi connectivity index (χ2v) is 22.4. The molecule has 0 nitrogen and oxygen atoms in total. The fraction of sp³-hybridized carbons (Fsp3) is 0.368. The third-order valence-electron chi connectivity index (χ3n) is 12.6. The molecule has 2 heteroatoms. The number of aryl methyl sites for hydroxylation is 1. The van der Waals surface area contributed by atoms with Crippen LogP contribution in [0.4, 0.5) is 0 Å². The predicted octanol–water partition coefficient (Wildman–Crippen LogP) is 16.2. The summed E-state index contributed by atoms with van der Waals surface area (Å²) in [5, 5.41) is 1.41. The van der Waals surface area contributed by atoms with Crippen molar-refractivity contribution in [1.82, 2.24) is 0 Å². The number of fused-ring (bicyclic) bond motifs is 2. The van der Waals surface area contributed by atoms with Crippen LogP contribution < -0.4 is 5.19 Å². The van der Waals surface area contributed by atoms with E-state index in [1.807, 2.05) is 18.2 Å². The molecule has 6 aromatic carbocycles. The van der Waals surface area contributed by atoms with Crippen LogP contribution in [0.5, 0.6) is 0 Å². The van der Waals surface area contributed by atoms with Gasteiger partial charge in [-0.05, 0) is 132 Å². The molecule has 0 saturated carbocycles. The molecule has 1 aliphatic carbocycles. The average molecular weight is 818 g/mol. The Hall–Kier alpha value is -4.17. The smallest absolute Gasteiger partial charge is 0.164 e. The Kier molecular flexibility index (Phi) is 14.3. The van der Waals surface area contributed by atoms with Gasteiger partial charge in [-0.2, -0.15) is 11.1 Å². The highest BCUT2D eigenvalue weighted by Gasteiger charge is 2.37. The van der Waals surface area contributed by atoms with Gasteiger partial charge in [0.25, 0.3) is 0 Å². The van der Waals surface area contributed by atoms with E-state index in [2.05, 4.69) is 193 Å². The van der Waals surface area contributed by atoms with E-state index in [9.17, 15) is 0 Å². The van der Waals surface area contributed by atoms with Crippen molar-refractivity contribution in [2.75, 3.05) is 0 Å². The molecule has 59 heavy (non-hydrogen) atoms.